The fourth-order valence-electron chi connectivity index (χ4n) is 3.44. The van der Waals surface area contributed by atoms with E-state index in [1.165, 1.54) is 24.3 Å². The first-order chi connectivity index (χ1) is 14.1. The maximum Gasteiger partial charge on any atom is 0.229 e. The highest BCUT2D eigenvalue weighted by molar-refractivity contribution is 5.93. The molecule has 1 saturated heterocycles. The molecule has 0 unspecified atom stereocenters. The monoisotopic (exact) mass is 394 g/mol. The van der Waals surface area contributed by atoms with E-state index in [1.54, 1.807) is 30.5 Å². The Morgan fingerprint density at radius 1 is 1.00 bits per heavy atom. The standard InChI is InChI=1S/C22H20F2N4O/c23-17-5-3-15(4-6-17)21-25-12-11-20(27-21)28-13-1-2-16(14-28)22(29)26-19-9-7-18(24)8-10-19/h3-12,16H,1-2,13-14H2,(H,26,29)/t16-/m0/s1. The van der Waals surface area contributed by atoms with Crippen LogP contribution >= 0.6 is 0 Å². The van der Waals surface area contributed by atoms with E-state index in [-0.39, 0.29) is 23.5 Å². The SMILES string of the molecule is O=C(Nc1ccc(F)cc1)[C@H]1CCCN(c2ccnc(-c3ccc(F)cc3)n2)C1. The topological polar surface area (TPSA) is 58.1 Å². The van der Waals surface area contributed by atoms with Gasteiger partial charge in [-0.2, -0.15) is 0 Å². The molecule has 1 atom stereocenters. The Bertz CT molecular complexity index is 992. The van der Waals surface area contributed by atoms with Crippen LogP contribution in [0, 0.1) is 17.6 Å². The van der Waals surface area contributed by atoms with Crippen molar-refractivity contribution in [1.82, 2.24) is 9.97 Å². The second kappa shape index (κ2) is 8.34. The summed E-state index contributed by atoms with van der Waals surface area (Å²) >= 11 is 0. The van der Waals surface area contributed by atoms with Gasteiger partial charge in [-0.3, -0.25) is 4.79 Å². The van der Waals surface area contributed by atoms with E-state index in [0.717, 1.165) is 30.8 Å². The fourth-order valence-corrected chi connectivity index (χ4v) is 3.44. The van der Waals surface area contributed by atoms with Gasteiger partial charge in [-0.25, -0.2) is 18.7 Å². The van der Waals surface area contributed by atoms with Crippen LogP contribution < -0.4 is 10.2 Å². The molecule has 2 aromatic carbocycles. The van der Waals surface area contributed by atoms with Gasteiger partial charge in [-0.1, -0.05) is 0 Å². The molecule has 0 saturated carbocycles. The van der Waals surface area contributed by atoms with Crippen LogP contribution in [0.2, 0.25) is 0 Å². The quantitative estimate of drug-likeness (QED) is 0.718. The molecule has 148 valence electrons. The van der Waals surface area contributed by atoms with Gasteiger partial charge >= 0.3 is 0 Å². The van der Waals surface area contributed by atoms with Gasteiger partial charge in [0.25, 0.3) is 0 Å². The van der Waals surface area contributed by atoms with Gasteiger partial charge < -0.3 is 10.2 Å². The molecule has 2 heterocycles. The lowest BCUT2D eigenvalue weighted by Gasteiger charge is -2.33. The minimum Gasteiger partial charge on any atom is -0.356 e. The molecular formula is C22H20F2N4O. The largest absolute Gasteiger partial charge is 0.356 e. The molecule has 0 spiro atoms. The van der Waals surface area contributed by atoms with Crippen molar-refractivity contribution in [2.45, 2.75) is 12.8 Å². The zero-order chi connectivity index (χ0) is 20.2. The molecule has 1 aliphatic rings. The number of nitrogens with zero attached hydrogens (tertiary/aromatic N) is 3. The lowest BCUT2D eigenvalue weighted by Crippen LogP contribution is -2.41. The van der Waals surface area contributed by atoms with Crippen LogP contribution in [0.4, 0.5) is 20.3 Å². The average Bonchev–Trinajstić information content (AvgIpc) is 2.76. The fraction of sp³-hybridized carbons (Fsp3) is 0.227. The van der Waals surface area contributed by atoms with E-state index in [4.69, 9.17) is 0 Å². The van der Waals surface area contributed by atoms with E-state index in [2.05, 4.69) is 20.2 Å². The van der Waals surface area contributed by atoms with Crippen molar-refractivity contribution >= 4 is 17.4 Å². The van der Waals surface area contributed by atoms with Gasteiger partial charge in [0.05, 0.1) is 5.92 Å². The highest BCUT2D eigenvalue weighted by Crippen LogP contribution is 2.25. The van der Waals surface area contributed by atoms with Gasteiger partial charge in [-0.15, -0.1) is 0 Å². The van der Waals surface area contributed by atoms with Crippen LogP contribution in [0.5, 0.6) is 0 Å². The molecule has 0 bridgehead atoms. The van der Waals surface area contributed by atoms with Crippen molar-refractivity contribution in [3.8, 4) is 11.4 Å². The number of carbonyl (C=O) groups excluding carboxylic acids is 1. The number of nitrogens with one attached hydrogen (secondary N) is 1. The van der Waals surface area contributed by atoms with Crippen LogP contribution in [0.3, 0.4) is 0 Å². The second-order valence-corrected chi connectivity index (χ2v) is 7.03. The van der Waals surface area contributed by atoms with E-state index in [0.29, 0.717) is 18.1 Å². The number of halogens is 2. The summed E-state index contributed by atoms with van der Waals surface area (Å²) in [6, 6.07) is 13.6. The summed E-state index contributed by atoms with van der Waals surface area (Å²) in [5, 5.41) is 2.85. The van der Waals surface area contributed by atoms with E-state index in [9.17, 15) is 13.6 Å². The number of hydrogen-bond acceptors (Lipinski definition) is 4. The summed E-state index contributed by atoms with van der Waals surface area (Å²) in [4.78, 5) is 23.6. The molecule has 4 rings (SSSR count). The van der Waals surface area contributed by atoms with Crippen LogP contribution in [-0.4, -0.2) is 29.0 Å². The number of anilines is 2. The molecule has 29 heavy (non-hydrogen) atoms. The third-order valence-corrected chi connectivity index (χ3v) is 4.97. The van der Waals surface area contributed by atoms with E-state index < -0.39 is 0 Å². The third kappa shape index (κ3) is 4.56. The van der Waals surface area contributed by atoms with Crippen LogP contribution in [0.15, 0.2) is 60.8 Å². The Balaban J connectivity index is 1.46. The lowest BCUT2D eigenvalue weighted by atomic mass is 9.97. The molecule has 1 amide bonds. The molecule has 5 nitrogen and oxygen atoms in total. The van der Waals surface area contributed by atoms with Crippen molar-refractivity contribution in [2.75, 3.05) is 23.3 Å². The summed E-state index contributed by atoms with van der Waals surface area (Å²) < 4.78 is 26.2. The number of rotatable bonds is 4. The highest BCUT2D eigenvalue weighted by Gasteiger charge is 2.27. The minimum absolute atomic E-state index is 0.0888. The van der Waals surface area contributed by atoms with Crippen LogP contribution in [0.1, 0.15) is 12.8 Å². The first kappa shape index (κ1) is 19.0. The molecule has 1 fully saturated rings. The average molecular weight is 394 g/mol. The van der Waals surface area contributed by atoms with E-state index in [1.807, 2.05) is 6.07 Å². The number of benzene rings is 2. The molecule has 1 aliphatic heterocycles. The predicted molar refractivity (Wildman–Crippen MR) is 107 cm³/mol. The summed E-state index contributed by atoms with van der Waals surface area (Å²) in [6.45, 7) is 1.33. The summed E-state index contributed by atoms with van der Waals surface area (Å²) in [6.07, 6.45) is 3.31. The number of hydrogen-bond donors (Lipinski definition) is 1. The van der Waals surface area contributed by atoms with Crippen molar-refractivity contribution in [3.05, 3.63) is 72.4 Å². The molecule has 1 N–H and O–H groups in total. The number of aromatic nitrogens is 2. The van der Waals surface area contributed by atoms with Crippen molar-refractivity contribution in [1.29, 1.82) is 0 Å². The maximum atomic E-state index is 13.2. The van der Waals surface area contributed by atoms with Crippen molar-refractivity contribution < 1.29 is 13.6 Å². The third-order valence-electron chi connectivity index (χ3n) is 4.97. The van der Waals surface area contributed by atoms with Gasteiger partial charge in [0.15, 0.2) is 5.82 Å². The van der Waals surface area contributed by atoms with Crippen LogP contribution in [-0.2, 0) is 4.79 Å². The first-order valence-electron chi connectivity index (χ1n) is 9.49. The summed E-state index contributed by atoms with van der Waals surface area (Å²) in [5.41, 5.74) is 1.31. The number of carbonyl (C=O) groups is 1. The molecule has 7 heteroatoms. The van der Waals surface area contributed by atoms with Gasteiger partial charge in [0.1, 0.15) is 17.5 Å². The highest BCUT2D eigenvalue weighted by atomic mass is 19.1. The second-order valence-electron chi connectivity index (χ2n) is 7.03. The summed E-state index contributed by atoms with van der Waals surface area (Å²) in [5.74, 6) is 0.315. The maximum absolute atomic E-state index is 13.2. The van der Waals surface area contributed by atoms with Crippen molar-refractivity contribution in [3.63, 3.8) is 0 Å². The normalized spacial score (nSPS) is 16.5. The van der Waals surface area contributed by atoms with Gasteiger partial charge in [0.2, 0.25) is 5.91 Å². The van der Waals surface area contributed by atoms with Crippen LogP contribution in [0.25, 0.3) is 11.4 Å². The zero-order valence-corrected chi connectivity index (χ0v) is 15.7. The first-order valence-corrected chi connectivity index (χ1v) is 9.49. The summed E-state index contributed by atoms with van der Waals surface area (Å²) in [7, 11) is 0. The molecule has 1 aromatic heterocycles. The Labute approximate surface area is 167 Å². The number of amides is 1. The van der Waals surface area contributed by atoms with Crippen molar-refractivity contribution in [2.24, 2.45) is 5.92 Å². The Morgan fingerprint density at radius 2 is 1.69 bits per heavy atom. The minimum atomic E-state index is -0.340. The number of piperidine rings is 1. The molecular weight excluding hydrogens is 374 g/mol. The van der Waals surface area contributed by atoms with Gasteiger partial charge in [0, 0.05) is 30.5 Å². The Morgan fingerprint density at radius 3 is 2.41 bits per heavy atom. The zero-order valence-electron chi connectivity index (χ0n) is 15.7. The predicted octanol–water partition coefficient (Wildman–Crippen LogP) is 4.28. The lowest BCUT2D eigenvalue weighted by molar-refractivity contribution is -0.120. The molecule has 0 aliphatic carbocycles. The Kier molecular flexibility index (Phi) is 5.46. The molecule has 3 aromatic rings. The van der Waals surface area contributed by atoms with Gasteiger partial charge in [-0.05, 0) is 67.4 Å². The Hall–Kier alpha value is -3.35. The molecule has 0 radical (unpaired) electrons. The van der Waals surface area contributed by atoms with E-state index >= 15 is 0 Å². The smallest absolute Gasteiger partial charge is 0.229 e.